The van der Waals surface area contributed by atoms with Gasteiger partial charge in [-0.05, 0) is 32.9 Å². The number of aryl methyl sites for hydroxylation is 2. The molecule has 1 unspecified atom stereocenters. The van der Waals surface area contributed by atoms with E-state index < -0.39 is 0 Å². The van der Waals surface area contributed by atoms with E-state index in [2.05, 4.69) is 15.5 Å². The van der Waals surface area contributed by atoms with E-state index in [1.165, 1.54) is 0 Å². The number of aromatic nitrogens is 2. The number of nitrogens with one attached hydrogen (secondary N) is 1. The van der Waals surface area contributed by atoms with Crippen LogP contribution in [0.3, 0.4) is 0 Å². The number of nitrogens with zero attached hydrogens (tertiary/aromatic N) is 2. The zero-order valence-corrected chi connectivity index (χ0v) is 13.2. The van der Waals surface area contributed by atoms with Crippen LogP contribution in [-0.4, -0.2) is 21.8 Å². The van der Waals surface area contributed by atoms with Gasteiger partial charge in [0, 0.05) is 17.5 Å². The third-order valence-electron chi connectivity index (χ3n) is 3.17. The lowest BCUT2D eigenvalue weighted by Gasteiger charge is -2.13. The first kappa shape index (κ1) is 15.6. The lowest BCUT2D eigenvalue weighted by atomic mass is 10.2. The molecule has 21 heavy (non-hydrogen) atoms. The van der Waals surface area contributed by atoms with Gasteiger partial charge in [-0.1, -0.05) is 11.2 Å². The van der Waals surface area contributed by atoms with Gasteiger partial charge in [0.2, 0.25) is 5.91 Å². The molecule has 2 aromatic heterocycles. The highest BCUT2D eigenvalue weighted by Crippen LogP contribution is 2.19. The summed E-state index contributed by atoms with van der Waals surface area (Å²) in [5.41, 5.74) is 2.83. The molecule has 2 rings (SSSR count). The molecule has 112 valence electrons. The lowest BCUT2D eigenvalue weighted by molar-refractivity contribution is -0.119. The third-order valence-corrected chi connectivity index (χ3v) is 4.13. The zero-order chi connectivity index (χ0) is 15.2. The molecule has 2 aromatic rings. The third kappa shape index (κ3) is 4.32. The van der Waals surface area contributed by atoms with E-state index >= 15 is 0 Å². The maximum atomic E-state index is 11.9. The fraction of sp³-hybridized carbons (Fsp3) is 0.400. The fourth-order valence-electron chi connectivity index (χ4n) is 1.94. The predicted octanol–water partition coefficient (Wildman–Crippen LogP) is 2.80. The van der Waals surface area contributed by atoms with Crippen molar-refractivity contribution in [1.29, 1.82) is 0 Å². The van der Waals surface area contributed by atoms with Crippen LogP contribution >= 0.6 is 11.8 Å². The van der Waals surface area contributed by atoms with Crippen LogP contribution in [0.25, 0.3) is 0 Å². The van der Waals surface area contributed by atoms with E-state index in [-0.39, 0.29) is 11.9 Å². The van der Waals surface area contributed by atoms with E-state index in [0.717, 1.165) is 28.5 Å². The lowest BCUT2D eigenvalue weighted by Crippen LogP contribution is -2.28. The van der Waals surface area contributed by atoms with E-state index in [0.29, 0.717) is 5.75 Å². The van der Waals surface area contributed by atoms with Crippen LogP contribution in [0.2, 0.25) is 0 Å². The first-order valence-electron chi connectivity index (χ1n) is 6.77. The van der Waals surface area contributed by atoms with E-state index in [9.17, 15) is 4.79 Å². The molecule has 0 aromatic carbocycles. The Morgan fingerprint density at radius 1 is 1.43 bits per heavy atom. The van der Waals surface area contributed by atoms with Crippen molar-refractivity contribution >= 4 is 17.7 Å². The molecule has 0 saturated carbocycles. The number of amides is 1. The van der Waals surface area contributed by atoms with Gasteiger partial charge in [-0.3, -0.25) is 9.78 Å². The van der Waals surface area contributed by atoms with Crippen molar-refractivity contribution in [3.05, 3.63) is 47.1 Å². The fourth-order valence-corrected chi connectivity index (χ4v) is 2.93. The standard InChI is InChI=1S/C15H19N3O2S/c1-10-13(12(3)20-18-10)8-21-9-15(19)17-11(2)14-6-4-5-7-16-14/h4-7,11H,8-9H2,1-3H3,(H,17,19). The Hall–Kier alpha value is -1.82. The van der Waals surface area contributed by atoms with Gasteiger partial charge >= 0.3 is 0 Å². The Morgan fingerprint density at radius 2 is 2.24 bits per heavy atom. The van der Waals surface area contributed by atoms with Gasteiger partial charge in [0.1, 0.15) is 5.76 Å². The van der Waals surface area contributed by atoms with Gasteiger partial charge in [-0.25, -0.2) is 0 Å². The first-order valence-corrected chi connectivity index (χ1v) is 7.93. The molecule has 0 aliphatic carbocycles. The molecule has 0 spiro atoms. The number of carbonyl (C=O) groups is 1. The Labute approximate surface area is 128 Å². The van der Waals surface area contributed by atoms with Gasteiger partial charge in [-0.15, -0.1) is 11.8 Å². The molecule has 0 fully saturated rings. The summed E-state index contributed by atoms with van der Waals surface area (Å²) in [5, 5.41) is 6.85. The summed E-state index contributed by atoms with van der Waals surface area (Å²) in [6.07, 6.45) is 1.73. The molecule has 0 saturated heterocycles. The minimum Gasteiger partial charge on any atom is -0.361 e. The SMILES string of the molecule is Cc1noc(C)c1CSCC(=O)NC(C)c1ccccn1. The van der Waals surface area contributed by atoms with Crippen LogP contribution in [0.5, 0.6) is 0 Å². The summed E-state index contributed by atoms with van der Waals surface area (Å²) in [4.78, 5) is 16.2. The van der Waals surface area contributed by atoms with E-state index in [4.69, 9.17) is 4.52 Å². The Kier molecular flexibility index (Phi) is 5.38. The normalized spacial score (nSPS) is 12.1. The summed E-state index contributed by atoms with van der Waals surface area (Å²) in [5.74, 6) is 1.96. The summed E-state index contributed by atoms with van der Waals surface area (Å²) >= 11 is 1.55. The van der Waals surface area contributed by atoms with Crippen molar-refractivity contribution in [1.82, 2.24) is 15.5 Å². The van der Waals surface area contributed by atoms with Crippen LogP contribution in [0.1, 0.15) is 35.7 Å². The molecule has 6 heteroatoms. The number of pyridine rings is 1. The number of thioether (sulfide) groups is 1. The Bertz CT molecular complexity index is 579. The van der Waals surface area contributed by atoms with E-state index in [1.54, 1.807) is 18.0 Å². The average Bonchev–Trinajstić information content (AvgIpc) is 2.80. The minimum absolute atomic E-state index is 0.00455. The monoisotopic (exact) mass is 305 g/mol. The van der Waals surface area contributed by atoms with Crippen LogP contribution in [0.15, 0.2) is 28.9 Å². The Balaban J connectivity index is 1.78. The number of carbonyl (C=O) groups excluding carboxylic acids is 1. The van der Waals surface area contributed by atoms with Gasteiger partial charge in [0.05, 0.1) is 23.2 Å². The smallest absolute Gasteiger partial charge is 0.230 e. The quantitative estimate of drug-likeness (QED) is 0.889. The maximum Gasteiger partial charge on any atom is 0.230 e. The van der Waals surface area contributed by atoms with Crippen molar-refractivity contribution in [2.75, 3.05) is 5.75 Å². The van der Waals surface area contributed by atoms with Crippen LogP contribution in [0, 0.1) is 13.8 Å². The molecule has 1 N–H and O–H groups in total. The van der Waals surface area contributed by atoms with Crippen molar-refractivity contribution in [3.8, 4) is 0 Å². The second kappa shape index (κ2) is 7.26. The van der Waals surface area contributed by atoms with Gasteiger partial charge < -0.3 is 9.84 Å². The summed E-state index contributed by atoms with van der Waals surface area (Å²) in [6, 6.07) is 5.59. The second-order valence-electron chi connectivity index (χ2n) is 4.84. The van der Waals surface area contributed by atoms with Crippen molar-refractivity contribution in [2.45, 2.75) is 32.6 Å². The van der Waals surface area contributed by atoms with Gasteiger partial charge in [0.15, 0.2) is 0 Å². The first-order chi connectivity index (χ1) is 10.1. The topological polar surface area (TPSA) is 68.0 Å². The molecule has 2 heterocycles. The van der Waals surface area contributed by atoms with Crippen LogP contribution in [0.4, 0.5) is 0 Å². The highest BCUT2D eigenvalue weighted by molar-refractivity contribution is 7.99. The minimum atomic E-state index is -0.0848. The van der Waals surface area contributed by atoms with Crippen molar-refractivity contribution in [2.24, 2.45) is 0 Å². The molecular formula is C15H19N3O2S. The van der Waals surface area contributed by atoms with E-state index in [1.807, 2.05) is 39.0 Å². The molecule has 1 amide bonds. The molecule has 0 aliphatic heterocycles. The molecule has 0 bridgehead atoms. The highest BCUT2D eigenvalue weighted by Gasteiger charge is 2.12. The summed E-state index contributed by atoms with van der Waals surface area (Å²) in [6.45, 7) is 5.73. The summed E-state index contributed by atoms with van der Waals surface area (Å²) < 4.78 is 5.10. The molecular weight excluding hydrogens is 286 g/mol. The second-order valence-corrected chi connectivity index (χ2v) is 5.82. The van der Waals surface area contributed by atoms with Crippen molar-refractivity contribution in [3.63, 3.8) is 0 Å². The molecule has 1 atom stereocenters. The van der Waals surface area contributed by atoms with Crippen molar-refractivity contribution < 1.29 is 9.32 Å². The molecule has 0 radical (unpaired) electrons. The largest absolute Gasteiger partial charge is 0.361 e. The van der Waals surface area contributed by atoms with Gasteiger partial charge in [0.25, 0.3) is 0 Å². The maximum absolute atomic E-state index is 11.9. The van der Waals surface area contributed by atoms with Crippen LogP contribution < -0.4 is 5.32 Å². The predicted molar refractivity (Wildman–Crippen MR) is 82.9 cm³/mol. The highest BCUT2D eigenvalue weighted by atomic mass is 32.2. The zero-order valence-electron chi connectivity index (χ0n) is 12.4. The van der Waals surface area contributed by atoms with Crippen LogP contribution in [-0.2, 0) is 10.5 Å². The number of hydrogen-bond donors (Lipinski definition) is 1. The number of hydrogen-bond acceptors (Lipinski definition) is 5. The van der Waals surface area contributed by atoms with Gasteiger partial charge in [-0.2, -0.15) is 0 Å². The summed E-state index contributed by atoms with van der Waals surface area (Å²) in [7, 11) is 0. The Morgan fingerprint density at radius 3 is 2.86 bits per heavy atom. The molecule has 0 aliphatic rings. The average molecular weight is 305 g/mol. The molecule has 5 nitrogen and oxygen atoms in total. The number of rotatable bonds is 6.